The van der Waals surface area contributed by atoms with Crippen molar-refractivity contribution < 1.29 is 9.53 Å². The van der Waals surface area contributed by atoms with E-state index in [0.717, 1.165) is 19.5 Å². The molecular weight excluding hydrogens is 323 g/mol. The molecular formula is C16H24Cl2N2O2. The Morgan fingerprint density at radius 1 is 1.45 bits per heavy atom. The van der Waals surface area contributed by atoms with Crippen molar-refractivity contribution in [3.05, 3.63) is 29.3 Å². The van der Waals surface area contributed by atoms with Crippen LogP contribution in [0.5, 0.6) is 5.75 Å². The van der Waals surface area contributed by atoms with Gasteiger partial charge in [0.15, 0.2) is 0 Å². The zero-order chi connectivity index (χ0) is 15.1. The predicted molar refractivity (Wildman–Crippen MR) is 92.0 cm³/mol. The number of carbonyl (C=O) groups excluding carboxylic acids is 1. The molecule has 2 N–H and O–H groups in total. The second-order valence-electron chi connectivity index (χ2n) is 5.53. The van der Waals surface area contributed by atoms with Gasteiger partial charge in [-0.3, -0.25) is 4.79 Å². The summed E-state index contributed by atoms with van der Waals surface area (Å²) in [6.07, 6.45) is 2.18. The Balaban J connectivity index is 0.00000242. The monoisotopic (exact) mass is 346 g/mol. The molecule has 1 aliphatic heterocycles. The number of ether oxygens (including phenoxy) is 1. The SMILES string of the molecule is CC1CNCCC1NC(=O)CCCOc1ccccc1Cl.Cl. The molecule has 6 heteroatoms. The molecule has 0 aliphatic carbocycles. The van der Waals surface area contributed by atoms with E-state index in [1.54, 1.807) is 6.07 Å². The van der Waals surface area contributed by atoms with Crippen molar-refractivity contribution in [3.8, 4) is 5.75 Å². The van der Waals surface area contributed by atoms with Crippen LogP contribution in [-0.4, -0.2) is 31.6 Å². The molecule has 0 aromatic heterocycles. The maximum atomic E-state index is 11.9. The number of nitrogens with one attached hydrogen (secondary N) is 2. The smallest absolute Gasteiger partial charge is 0.220 e. The van der Waals surface area contributed by atoms with Gasteiger partial charge < -0.3 is 15.4 Å². The summed E-state index contributed by atoms with van der Waals surface area (Å²) in [7, 11) is 0. The summed E-state index contributed by atoms with van der Waals surface area (Å²) in [5.41, 5.74) is 0. The van der Waals surface area contributed by atoms with Crippen LogP contribution < -0.4 is 15.4 Å². The standard InChI is InChI=1S/C16H23ClN2O2.ClH/c1-12-11-18-9-8-14(12)19-16(20)7-4-10-21-15-6-3-2-5-13(15)17;/h2-3,5-6,12,14,18H,4,7-11H2,1H3,(H,19,20);1H. The van der Waals surface area contributed by atoms with Gasteiger partial charge in [-0.1, -0.05) is 30.7 Å². The summed E-state index contributed by atoms with van der Waals surface area (Å²) in [4.78, 5) is 11.9. The highest BCUT2D eigenvalue weighted by molar-refractivity contribution is 6.32. The Morgan fingerprint density at radius 3 is 2.95 bits per heavy atom. The normalized spacial score (nSPS) is 20.8. The first kappa shape index (κ1) is 19.1. The molecule has 22 heavy (non-hydrogen) atoms. The molecule has 1 aromatic rings. The molecule has 2 rings (SSSR count). The zero-order valence-corrected chi connectivity index (χ0v) is 14.4. The van der Waals surface area contributed by atoms with Crippen LogP contribution in [0, 0.1) is 5.92 Å². The second kappa shape index (κ2) is 9.93. The number of carbonyl (C=O) groups is 1. The van der Waals surface area contributed by atoms with Crippen molar-refractivity contribution in [2.24, 2.45) is 5.92 Å². The summed E-state index contributed by atoms with van der Waals surface area (Å²) < 4.78 is 5.58. The Labute approximate surface area is 143 Å². The van der Waals surface area contributed by atoms with Crippen LogP contribution in [0.3, 0.4) is 0 Å². The van der Waals surface area contributed by atoms with E-state index in [2.05, 4.69) is 17.6 Å². The first-order chi connectivity index (χ1) is 10.2. The molecule has 1 saturated heterocycles. The second-order valence-corrected chi connectivity index (χ2v) is 5.93. The van der Waals surface area contributed by atoms with Crippen molar-refractivity contribution in [1.29, 1.82) is 0 Å². The van der Waals surface area contributed by atoms with E-state index in [4.69, 9.17) is 16.3 Å². The average molecular weight is 347 g/mol. The largest absolute Gasteiger partial charge is 0.492 e. The van der Waals surface area contributed by atoms with Crippen LogP contribution in [0.15, 0.2) is 24.3 Å². The number of para-hydroxylation sites is 1. The molecule has 0 radical (unpaired) electrons. The third-order valence-corrected chi connectivity index (χ3v) is 4.09. The zero-order valence-electron chi connectivity index (χ0n) is 12.8. The molecule has 0 spiro atoms. The number of benzene rings is 1. The quantitative estimate of drug-likeness (QED) is 0.778. The minimum absolute atomic E-state index is 0. The lowest BCUT2D eigenvalue weighted by molar-refractivity contribution is -0.122. The van der Waals surface area contributed by atoms with Crippen molar-refractivity contribution in [2.45, 2.75) is 32.2 Å². The average Bonchev–Trinajstić information content (AvgIpc) is 2.48. The van der Waals surface area contributed by atoms with Crippen molar-refractivity contribution in [2.75, 3.05) is 19.7 Å². The van der Waals surface area contributed by atoms with Gasteiger partial charge in [0, 0.05) is 12.5 Å². The molecule has 124 valence electrons. The summed E-state index contributed by atoms with van der Waals surface area (Å²) in [5.74, 6) is 1.27. The Bertz CT molecular complexity index is 471. The lowest BCUT2D eigenvalue weighted by atomic mass is 9.95. The van der Waals surface area contributed by atoms with Crippen LogP contribution in [0.2, 0.25) is 5.02 Å². The van der Waals surface area contributed by atoms with E-state index in [9.17, 15) is 4.79 Å². The first-order valence-corrected chi connectivity index (χ1v) is 7.92. The van der Waals surface area contributed by atoms with Crippen LogP contribution in [0.25, 0.3) is 0 Å². The number of amides is 1. The Kier molecular flexibility index (Phi) is 8.61. The highest BCUT2D eigenvalue weighted by Gasteiger charge is 2.22. The van der Waals surface area contributed by atoms with Crippen molar-refractivity contribution >= 4 is 29.9 Å². The number of rotatable bonds is 6. The topological polar surface area (TPSA) is 50.4 Å². The van der Waals surface area contributed by atoms with Gasteiger partial charge in [-0.2, -0.15) is 0 Å². The minimum Gasteiger partial charge on any atom is -0.492 e. The van der Waals surface area contributed by atoms with Crippen LogP contribution in [-0.2, 0) is 4.79 Å². The fraction of sp³-hybridized carbons (Fsp3) is 0.562. The van der Waals surface area contributed by atoms with E-state index >= 15 is 0 Å². The molecule has 0 bridgehead atoms. The van der Waals surface area contributed by atoms with Crippen LogP contribution in [0.4, 0.5) is 0 Å². The van der Waals surface area contributed by atoms with Gasteiger partial charge in [-0.15, -0.1) is 12.4 Å². The van der Waals surface area contributed by atoms with Gasteiger partial charge in [0.25, 0.3) is 0 Å². The van der Waals surface area contributed by atoms with Gasteiger partial charge in [-0.25, -0.2) is 0 Å². The van der Waals surface area contributed by atoms with Crippen LogP contribution in [0.1, 0.15) is 26.2 Å². The Hall–Kier alpha value is -0.970. The third kappa shape index (κ3) is 6.03. The molecule has 0 saturated carbocycles. The van der Waals surface area contributed by atoms with Crippen LogP contribution >= 0.6 is 24.0 Å². The van der Waals surface area contributed by atoms with E-state index in [-0.39, 0.29) is 18.3 Å². The number of piperidine rings is 1. The van der Waals surface area contributed by atoms with Gasteiger partial charge in [0.05, 0.1) is 11.6 Å². The predicted octanol–water partition coefficient (Wildman–Crippen LogP) is 3.04. The lowest BCUT2D eigenvalue weighted by Gasteiger charge is -2.30. The first-order valence-electron chi connectivity index (χ1n) is 7.54. The molecule has 1 heterocycles. The fourth-order valence-corrected chi connectivity index (χ4v) is 2.67. The van der Waals surface area contributed by atoms with E-state index in [0.29, 0.717) is 42.2 Å². The van der Waals surface area contributed by atoms with Crippen molar-refractivity contribution in [3.63, 3.8) is 0 Å². The summed E-state index contributed by atoms with van der Waals surface area (Å²) in [6, 6.07) is 7.67. The maximum Gasteiger partial charge on any atom is 0.220 e. The highest BCUT2D eigenvalue weighted by Crippen LogP contribution is 2.23. The molecule has 2 atom stereocenters. The highest BCUT2D eigenvalue weighted by atomic mass is 35.5. The summed E-state index contributed by atoms with van der Waals surface area (Å²) in [6.45, 7) is 4.61. The maximum absolute atomic E-state index is 11.9. The van der Waals surface area contributed by atoms with Gasteiger partial charge >= 0.3 is 0 Å². The lowest BCUT2D eigenvalue weighted by Crippen LogP contribution is -2.48. The third-order valence-electron chi connectivity index (χ3n) is 3.77. The fourth-order valence-electron chi connectivity index (χ4n) is 2.48. The summed E-state index contributed by atoms with van der Waals surface area (Å²) >= 11 is 6.00. The molecule has 1 aromatic carbocycles. The van der Waals surface area contributed by atoms with Gasteiger partial charge in [0.2, 0.25) is 5.91 Å². The Morgan fingerprint density at radius 2 is 2.23 bits per heavy atom. The molecule has 1 aliphatic rings. The summed E-state index contributed by atoms with van der Waals surface area (Å²) in [5, 5.41) is 7.05. The van der Waals surface area contributed by atoms with Crippen molar-refractivity contribution in [1.82, 2.24) is 10.6 Å². The molecule has 1 amide bonds. The van der Waals surface area contributed by atoms with E-state index < -0.39 is 0 Å². The number of hydrogen-bond acceptors (Lipinski definition) is 3. The molecule has 4 nitrogen and oxygen atoms in total. The van der Waals surface area contributed by atoms with E-state index in [1.807, 2.05) is 18.2 Å². The van der Waals surface area contributed by atoms with Gasteiger partial charge in [0.1, 0.15) is 5.75 Å². The minimum atomic E-state index is 0. The van der Waals surface area contributed by atoms with E-state index in [1.165, 1.54) is 0 Å². The number of hydrogen-bond donors (Lipinski definition) is 2. The number of halogens is 2. The van der Waals surface area contributed by atoms with Gasteiger partial charge in [-0.05, 0) is 44.0 Å². The molecule has 2 unspecified atom stereocenters. The molecule has 1 fully saturated rings.